The van der Waals surface area contributed by atoms with Gasteiger partial charge >= 0.3 is 0 Å². The van der Waals surface area contributed by atoms with Crippen LogP contribution in [0, 0.1) is 0 Å². The van der Waals surface area contributed by atoms with Gasteiger partial charge in [-0.05, 0) is 0 Å². The van der Waals surface area contributed by atoms with Crippen LogP contribution in [0.2, 0.25) is 0 Å². The maximum Gasteiger partial charge on any atom is 0.241 e. The van der Waals surface area contributed by atoms with E-state index in [-0.39, 0.29) is 5.91 Å². The molecule has 1 saturated heterocycles. The number of carbonyl (C=O) groups excluding carboxylic acids is 2. The van der Waals surface area contributed by atoms with Crippen LogP contribution in [-0.2, 0) is 9.59 Å². The third-order valence-electron chi connectivity index (χ3n) is 1.80. The molecule has 5 nitrogen and oxygen atoms in total. The molecule has 1 fully saturated rings. The van der Waals surface area contributed by atoms with E-state index in [4.69, 9.17) is 5.73 Å². The quantitative estimate of drug-likeness (QED) is 0.521. The number of hydrogen-bond acceptors (Lipinski definition) is 3. The van der Waals surface area contributed by atoms with E-state index in [0.717, 1.165) is 6.54 Å². The fourth-order valence-corrected chi connectivity index (χ4v) is 1.14. The second-order valence-electron chi connectivity index (χ2n) is 2.82. The lowest BCUT2D eigenvalue weighted by Gasteiger charge is -2.25. The van der Waals surface area contributed by atoms with Crippen molar-refractivity contribution in [3.63, 3.8) is 0 Å². The van der Waals surface area contributed by atoms with Gasteiger partial charge in [-0.25, -0.2) is 0 Å². The van der Waals surface area contributed by atoms with Crippen molar-refractivity contribution < 1.29 is 9.59 Å². The van der Waals surface area contributed by atoms with Crippen LogP contribution in [0.25, 0.3) is 0 Å². The molecular formula is C8H13N3O2. The van der Waals surface area contributed by atoms with Crippen LogP contribution in [0.15, 0.2) is 12.2 Å². The SMILES string of the molecule is NC(=O)/C=C/CN1CCNCC1=O. The topological polar surface area (TPSA) is 75.4 Å². The van der Waals surface area contributed by atoms with Gasteiger partial charge in [0, 0.05) is 25.7 Å². The Balaban J connectivity index is 2.34. The minimum Gasteiger partial charge on any atom is -0.366 e. The zero-order valence-corrected chi connectivity index (χ0v) is 7.32. The first kappa shape index (κ1) is 9.73. The number of primary amides is 1. The normalized spacial score (nSPS) is 18.2. The lowest BCUT2D eigenvalue weighted by atomic mass is 10.3. The van der Waals surface area contributed by atoms with E-state index in [9.17, 15) is 9.59 Å². The standard InChI is InChI=1S/C8H13N3O2/c9-7(12)2-1-4-11-5-3-10-6-8(11)13/h1-2,10H,3-6H2,(H2,9,12)/b2-1+. The fourth-order valence-electron chi connectivity index (χ4n) is 1.14. The van der Waals surface area contributed by atoms with Crippen LogP contribution in [0.4, 0.5) is 0 Å². The largest absolute Gasteiger partial charge is 0.366 e. The number of hydrogen-bond donors (Lipinski definition) is 2. The molecule has 3 N–H and O–H groups in total. The van der Waals surface area contributed by atoms with Gasteiger partial charge in [0.15, 0.2) is 0 Å². The van der Waals surface area contributed by atoms with Crippen molar-refractivity contribution in [2.75, 3.05) is 26.2 Å². The molecule has 0 unspecified atom stereocenters. The molecule has 0 bridgehead atoms. The Morgan fingerprint density at radius 2 is 2.46 bits per heavy atom. The molecule has 72 valence electrons. The first-order chi connectivity index (χ1) is 6.20. The van der Waals surface area contributed by atoms with Crippen molar-refractivity contribution in [2.24, 2.45) is 5.73 Å². The van der Waals surface area contributed by atoms with Crippen molar-refractivity contribution in [3.8, 4) is 0 Å². The van der Waals surface area contributed by atoms with Crippen LogP contribution in [0.5, 0.6) is 0 Å². The average molecular weight is 183 g/mol. The van der Waals surface area contributed by atoms with Gasteiger partial charge in [-0.3, -0.25) is 9.59 Å². The molecule has 1 heterocycles. The molecule has 1 aliphatic rings. The summed E-state index contributed by atoms with van der Waals surface area (Å²) in [5, 5.41) is 2.96. The van der Waals surface area contributed by atoms with Gasteiger partial charge in [0.25, 0.3) is 0 Å². The summed E-state index contributed by atoms with van der Waals surface area (Å²) in [6, 6.07) is 0. The van der Waals surface area contributed by atoms with Crippen LogP contribution in [0.3, 0.4) is 0 Å². The zero-order chi connectivity index (χ0) is 9.68. The lowest BCUT2D eigenvalue weighted by molar-refractivity contribution is -0.131. The maximum absolute atomic E-state index is 11.2. The summed E-state index contributed by atoms with van der Waals surface area (Å²) >= 11 is 0. The van der Waals surface area contributed by atoms with Crippen molar-refractivity contribution in [1.82, 2.24) is 10.2 Å². The maximum atomic E-state index is 11.2. The third kappa shape index (κ3) is 3.25. The number of nitrogens with zero attached hydrogens (tertiary/aromatic N) is 1. The van der Waals surface area contributed by atoms with Crippen molar-refractivity contribution in [2.45, 2.75) is 0 Å². The highest BCUT2D eigenvalue weighted by molar-refractivity contribution is 5.86. The smallest absolute Gasteiger partial charge is 0.241 e. The van der Waals surface area contributed by atoms with Crippen LogP contribution in [0.1, 0.15) is 0 Å². The van der Waals surface area contributed by atoms with E-state index in [1.165, 1.54) is 6.08 Å². The van der Waals surface area contributed by atoms with Crippen LogP contribution < -0.4 is 11.1 Å². The Kier molecular flexibility index (Phi) is 3.45. The average Bonchev–Trinajstić information content (AvgIpc) is 2.08. The molecule has 0 aliphatic carbocycles. The Labute approximate surface area is 76.6 Å². The van der Waals surface area contributed by atoms with E-state index in [2.05, 4.69) is 5.32 Å². The highest BCUT2D eigenvalue weighted by Gasteiger charge is 2.15. The number of amides is 2. The summed E-state index contributed by atoms with van der Waals surface area (Å²) in [5.74, 6) is -0.428. The Bertz CT molecular complexity index is 238. The van der Waals surface area contributed by atoms with Gasteiger partial charge in [-0.1, -0.05) is 6.08 Å². The molecule has 13 heavy (non-hydrogen) atoms. The molecule has 5 heteroatoms. The molecule has 0 spiro atoms. The molecule has 0 radical (unpaired) electrons. The molecule has 2 amide bonds. The molecule has 0 aromatic carbocycles. The Morgan fingerprint density at radius 3 is 3.08 bits per heavy atom. The summed E-state index contributed by atoms with van der Waals surface area (Å²) in [5.41, 5.74) is 4.90. The Hall–Kier alpha value is -1.36. The van der Waals surface area contributed by atoms with Gasteiger partial charge in [0.05, 0.1) is 6.54 Å². The van der Waals surface area contributed by atoms with Gasteiger partial charge in [0.2, 0.25) is 11.8 Å². The zero-order valence-electron chi connectivity index (χ0n) is 7.32. The molecule has 1 aliphatic heterocycles. The van der Waals surface area contributed by atoms with Gasteiger partial charge in [-0.2, -0.15) is 0 Å². The molecule has 0 saturated carbocycles. The number of rotatable bonds is 3. The summed E-state index contributed by atoms with van der Waals surface area (Å²) < 4.78 is 0. The summed E-state index contributed by atoms with van der Waals surface area (Å²) in [6.07, 6.45) is 2.88. The fraction of sp³-hybridized carbons (Fsp3) is 0.500. The van der Waals surface area contributed by atoms with Crippen LogP contribution in [-0.4, -0.2) is 42.9 Å². The number of carbonyl (C=O) groups is 2. The second-order valence-corrected chi connectivity index (χ2v) is 2.82. The predicted molar refractivity (Wildman–Crippen MR) is 47.8 cm³/mol. The van der Waals surface area contributed by atoms with Crippen molar-refractivity contribution in [3.05, 3.63) is 12.2 Å². The first-order valence-corrected chi connectivity index (χ1v) is 4.14. The van der Waals surface area contributed by atoms with Crippen LogP contribution >= 0.6 is 0 Å². The van der Waals surface area contributed by atoms with Gasteiger partial charge in [0.1, 0.15) is 0 Å². The second kappa shape index (κ2) is 4.61. The predicted octanol–water partition coefficient (Wildman–Crippen LogP) is -1.54. The summed E-state index contributed by atoms with van der Waals surface area (Å²) in [7, 11) is 0. The number of nitrogens with two attached hydrogens (primary N) is 1. The highest BCUT2D eigenvalue weighted by atomic mass is 16.2. The van der Waals surface area contributed by atoms with Crippen molar-refractivity contribution >= 4 is 11.8 Å². The molecule has 0 aromatic heterocycles. The van der Waals surface area contributed by atoms with E-state index in [1.807, 2.05) is 0 Å². The van der Waals surface area contributed by atoms with E-state index < -0.39 is 5.91 Å². The van der Waals surface area contributed by atoms with E-state index >= 15 is 0 Å². The van der Waals surface area contributed by atoms with Crippen molar-refractivity contribution in [1.29, 1.82) is 0 Å². The number of nitrogens with one attached hydrogen (secondary N) is 1. The molecular weight excluding hydrogens is 170 g/mol. The monoisotopic (exact) mass is 183 g/mol. The van der Waals surface area contributed by atoms with Gasteiger partial charge < -0.3 is 16.0 Å². The van der Waals surface area contributed by atoms with E-state index in [0.29, 0.717) is 19.6 Å². The minimum atomic E-state index is -0.484. The molecule has 0 aromatic rings. The van der Waals surface area contributed by atoms with Gasteiger partial charge in [-0.15, -0.1) is 0 Å². The highest BCUT2D eigenvalue weighted by Crippen LogP contribution is 1.93. The minimum absolute atomic E-state index is 0.0559. The molecule has 1 rings (SSSR count). The number of piperazine rings is 1. The summed E-state index contributed by atoms with van der Waals surface area (Å²) in [4.78, 5) is 23.2. The lowest BCUT2D eigenvalue weighted by Crippen LogP contribution is -2.47. The third-order valence-corrected chi connectivity index (χ3v) is 1.80. The van der Waals surface area contributed by atoms with E-state index in [1.54, 1.807) is 11.0 Å². The molecule has 0 atom stereocenters. The first-order valence-electron chi connectivity index (χ1n) is 4.14. The summed E-state index contributed by atoms with van der Waals surface area (Å²) in [6.45, 7) is 2.33. The Morgan fingerprint density at radius 1 is 1.69 bits per heavy atom.